The third-order valence-corrected chi connectivity index (χ3v) is 3.32. The lowest BCUT2D eigenvalue weighted by molar-refractivity contribution is 0.173. The molecule has 0 amide bonds. The van der Waals surface area contributed by atoms with Crippen LogP contribution >= 0.6 is 11.6 Å². The van der Waals surface area contributed by atoms with E-state index in [1.807, 2.05) is 38.2 Å². The van der Waals surface area contributed by atoms with Gasteiger partial charge in [-0.15, -0.1) is 0 Å². The smallest absolute Gasteiger partial charge is 0.0817 e. The van der Waals surface area contributed by atoms with Gasteiger partial charge in [0.2, 0.25) is 0 Å². The van der Waals surface area contributed by atoms with Gasteiger partial charge >= 0.3 is 0 Å². The maximum Gasteiger partial charge on any atom is 0.0817 e. The topological polar surface area (TPSA) is 38.1 Å². The quantitative estimate of drug-likeness (QED) is 0.920. The van der Waals surface area contributed by atoms with Gasteiger partial charge in [0.15, 0.2) is 0 Å². The second-order valence-electron chi connectivity index (χ2n) is 4.49. The highest BCUT2D eigenvalue weighted by atomic mass is 35.5. The molecule has 1 heterocycles. The standard InChI is InChI=1S/C14H17ClN2O/c1-3-14(18)12-7-16-17(9-12)8-11-5-4-10(2)6-13(11)15/h4-7,9,14,18H,3,8H2,1-2H3. The van der Waals surface area contributed by atoms with Gasteiger partial charge in [-0.2, -0.15) is 5.10 Å². The molecule has 2 aromatic rings. The first-order valence-corrected chi connectivity index (χ1v) is 6.43. The van der Waals surface area contributed by atoms with Crippen LogP contribution in [-0.4, -0.2) is 14.9 Å². The lowest BCUT2D eigenvalue weighted by Crippen LogP contribution is -2.01. The summed E-state index contributed by atoms with van der Waals surface area (Å²) < 4.78 is 1.80. The molecule has 1 aromatic heterocycles. The Balaban J connectivity index is 2.16. The van der Waals surface area contributed by atoms with E-state index in [1.165, 1.54) is 0 Å². The number of halogens is 1. The number of aromatic nitrogens is 2. The fourth-order valence-electron chi connectivity index (χ4n) is 1.83. The van der Waals surface area contributed by atoms with Crippen molar-refractivity contribution < 1.29 is 5.11 Å². The molecule has 3 nitrogen and oxygen atoms in total. The first-order valence-electron chi connectivity index (χ1n) is 6.05. The molecule has 1 atom stereocenters. The highest BCUT2D eigenvalue weighted by Gasteiger charge is 2.08. The first kappa shape index (κ1) is 13.1. The minimum atomic E-state index is -0.438. The molecule has 0 spiro atoms. The summed E-state index contributed by atoms with van der Waals surface area (Å²) in [4.78, 5) is 0. The highest BCUT2D eigenvalue weighted by molar-refractivity contribution is 6.31. The number of hydrogen-bond acceptors (Lipinski definition) is 2. The third-order valence-electron chi connectivity index (χ3n) is 2.97. The number of rotatable bonds is 4. The van der Waals surface area contributed by atoms with Gasteiger partial charge in [0.05, 0.1) is 18.8 Å². The van der Waals surface area contributed by atoms with Gasteiger partial charge in [0, 0.05) is 16.8 Å². The minimum absolute atomic E-state index is 0.438. The summed E-state index contributed by atoms with van der Waals surface area (Å²) in [5.41, 5.74) is 3.02. The van der Waals surface area contributed by atoms with Crippen molar-refractivity contribution >= 4 is 11.6 Å². The van der Waals surface area contributed by atoms with E-state index in [0.717, 1.165) is 21.7 Å². The molecule has 0 saturated carbocycles. The van der Waals surface area contributed by atoms with Crippen LogP contribution in [0.1, 0.15) is 36.1 Å². The molecular weight excluding hydrogens is 248 g/mol. The van der Waals surface area contributed by atoms with Crippen LogP contribution in [-0.2, 0) is 6.54 Å². The molecule has 0 aliphatic rings. The summed E-state index contributed by atoms with van der Waals surface area (Å²) in [5, 5.41) is 14.7. The van der Waals surface area contributed by atoms with Crippen molar-refractivity contribution in [1.29, 1.82) is 0 Å². The van der Waals surface area contributed by atoms with Crippen LogP contribution in [0.2, 0.25) is 5.02 Å². The fraction of sp³-hybridized carbons (Fsp3) is 0.357. The van der Waals surface area contributed by atoms with Crippen molar-refractivity contribution in [3.63, 3.8) is 0 Å². The van der Waals surface area contributed by atoms with Crippen molar-refractivity contribution in [2.24, 2.45) is 0 Å². The van der Waals surface area contributed by atoms with E-state index >= 15 is 0 Å². The molecule has 0 fully saturated rings. The number of benzene rings is 1. The van der Waals surface area contributed by atoms with Crippen molar-refractivity contribution in [1.82, 2.24) is 9.78 Å². The molecular formula is C14H17ClN2O. The molecule has 18 heavy (non-hydrogen) atoms. The normalized spacial score (nSPS) is 12.7. The predicted molar refractivity (Wildman–Crippen MR) is 72.8 cm³/mol. The zero-order chi connectivity index (χ0) is 13.1. The second-order valence-corrected chi connectivity index (χ2v) is 4.90. The monoisotopic (exact) mass is 264 g/mol. The molecule has 0 bridgehead atoms. The molecule has 0 saturated heterocycles. The van der Waals surface area contributed by atoms with Gasteiger partial charge in [-0.3, -0.25) is 4.68 Å². The molecule has 2 rings (SSSR count). The van der Waals surface area contributed by atoms with Crippen molar-refractivity contribution in [2.75, 3.05) is 0 Å². The Morgan fingerprint density at radius 3 is 2.89 bits per heavy atom. The highest BCUT2D eigenvalue weighted by Crippen LogP contribution is 2.20. The Hall–Kier alpha value is -1.32. The SMILES string of the molecule is CCC(O)c1cnn(Cc2ccc(C)cc2Cl)c1. The average Bonchev–Trinajstić information content (AvgIpc) is 2.80. The van der Waals surface area contributed by atoms with Gasteiger partial charge in [0.1, 0.15) is 0 Å². The Morgan fingerprint density at radius 1 is 1.44 bits per heavy atom. The van der Waals surface area contributed by atoms with Gasteiger partial charge in [-0.25, -0.2) is 0 Å². The summed E-state index contributed by atoms with van der Waals surface area (Å²) in [6, 6.07) is 5.99. The molecule has 96 valence electrons. The Bertz CT molecular complexity index is 536. The van der Waals surface area contributed by atoms with Crippen LogP contribution < -0.4 is 0 Å². The van der Waals surface area contributed by atoms with E-state index < -0.39 is 6.10 Å². The van der Waals surface area contributed by atoms with Crippen molar-refractivity contribution in [3.05, 3.63) is 52.3 Å². The van der Waals surface area contributed by atoms with Gasteiger partial charge < -0.3 is 5.11 Å². The minimum Gasteiger partial charge on any atom is -0.388 e. The third kappa shape index (κ3) is 2.92. The molecule has 4 heteroatoms. The second kappa shape index (κ2) is 5.55. The zero-order valence-corrected chi connectivity index (χ0v) is 11.4. The maximum absolute atomic E-state index is 9.72. The summed E-state index contributed by atoms with van der Waals surface area (Å²) in [6.07, 6.45) is 3.82. The van der Waals surface area contributed by atoms with Gasteiger partial charge in [-0.05, 0) is 30.5 Å². The zero-order valence-electron chi connectivity index (χ0n) is 10.6. The first-order chi connectivity index (χ1) is 8.60. The Kier molecular flexibility index (Phi) is 4.04. The average molecular weight is 265 g/mol. The predicted octanol–water partition coefficient (Wildman–Crippen LogP) is 3.34. The molecule has 1 aromatic carbocycles. The van der Waals surface area contributed by atoms with Crippen LogP contribution in [0.4, 0.5) is 0 Å². The van der Waals surface area contributed by atoms with E-state index in [9.17, 15) is 5.11 Å². The molecule has 1 unspecified atom stereocenters. The van der Waals surface area contributed by atoms with E-state index in [-0.39, 0.29) is 0 Å². The Labute approximate surface area is 112 Å². The van der Waals surface area contributed by atoms with Crippen LogP contribution in [0.25, 0.3) is 0 Å². The largest absolute Gasteiger partial charge is 0.388 e. The summed E-state index contributed by atoms with van der Waals surface area (Å²) in [5.74, 6) is 0. The van der Waals surface area contributed by atoms with E-state index in [2.05, 4.69) is 5.10 Å². The summed E-state index contributed by atoms with van der Waals surface area (Å²) >= 11 is 6.19. The lowest BCUT2D eigenvalue weighted by atomic mass is 10.1. The van der Waals surface area contributed by atoms with Crippen LogP contribution in [0.5, 0.6) is 0 Å². The lowest BCUT2D eigenvalue weighted by Gasteiger charge is -2.06. The van der Waals surface area contributed by atoms with E-state index in [0.29, 0.717) is 13.0 Å². The number of hydrogen-bond donors (Lipinski definition) is 1. The van der Waals surface area contributed by atoms with Crippen LogP contribution in [0, 0.1) is 6.92 Å². The van der Waals surface area contributed by atoms with Crippen molar-refractivity contribution in [2.45, 2.75) is 32.9 Å². The molecule has 0 radical (unpaired) electrons. The van der Waals surface area contributed by atoms with Gasteiger partial charge in [0.25, 0.3) is 0 Å². The van der Waals surface area contributed by atoms with Gasteiger partial charge in [-0.1, -0.05) is 30.7 Å². The van der Waals surface area contributed by atoms with Crippen LogP contribution in [0.15, 0.2) is 30.6 Å². The molecule has 1 N–H and O–H groups in total. The number of aliphatic hydroxyl groups is 1. The number of aliphatic hydroxyl groups excluding tert-OH is 1. The summed E-state index contributed by atoms with van der Waals surface area (Å²) in [7, 11) is 0. The fourth-order valence-corrected chi connectivity index (χ4v) is 2.12. The van der Waals surface area contributed by atoms with Crippen molar-refractivity contribution in [3.8, 4) is 0 Å². The number of aryl methyl sites for hydroxylation is 1. The van der Waals surface area contributed by atoms with E-state index in [1.54, 1.807) is 10.9 Å². The molecule has 0 aliphatic heterocycles. The maximum atomic E-state index is 9.72. The number of nitrogens with zero attached hydrogens (tertiary/aromatic N) is 2. The van der Waals surface area contributed by atoms with Crippen LogP contribution in [0.3, 0.4) is 0 Å². The van der Waals surface area contributed by atoms with E-state index in [4.69, 9.17) is 11.6 Å². The molecule has 0 aliphatic carbocycles. The summed E-state index contributed by atoms with van der Waals surface area (Å²) in [6.45, 7) is 4.58. The Morgan fingerprint density at radius 2 is 2.22 bits per heavy atom.